The first-order valence-corrected chi connectivity index (χ1v) is 8.19. The third-order valence-electron chi connectivity index (χ3n) is 4.49. The summed E-state index contributed by atoms with van der Waals surface area (Å²) in [5, 5.41) is 4.56. The van der Waals surface area contributed by atoms with Crippen LogP contribution in [0.25, 0.3) is 0 Å². The van der Waals surface area contributed by atoms with Gasteiger partial charge in [0.15, 0.2) is 0 Å². The summed E-state index contributed by atoms with van der Waals surface area (Å²) in [4.78, 5) is 0. The van der Waals surface area contributed by atoms with Crippen molar-refractivity contribution in [3.05, 3.63) is 126 Å². The van der Waals surface area contributed by atoms with Gasteiger partial charge in [0.25, 0.3) is 0 Å². The molecule has 0 aliphatic heterocycles. The number of aromatic nitrogens is 2. The predicted octanol–water partition coefficient (Wildman–Crippen LogP) is 4.86. The van der Waals surface area contributed by atoms with E-state index < -0.39 is 5.54 Å². The van der Waals surface area contributed by atoms with Gasteiger partial charge >= 0.3 is 0 Å². The summed E-state index contributed by atoms with van der Waals surface area (Å²) in [6, 6.07) is 28.9. The van der Waals surface area contributed by atoms with Crippen LogP contribution in [0.5, 0.6) is 0 Å². The lowest BCUT2D eigenvalue weighted by Crippen LogP contribution is -2.38. The Morgan fingerprint density at radius 1 is 0.640 bits per heavy atom. The smallest absolute Gasteiger partial charge is 0.137 e. The fourth-order valence-electron chi connectivity index (χ4n) is 3.41. The molecule has 1 aromatic heterocycles. The highest BCUT2D eigenvalue weighted by atomic mass is 19.1. The monoisotopic (exact) mass is 328 g/mol. The molecule has 1 heterocycles. The topological polar surface area (TPSA) is 17.8 Å². The minimum Gasteiger partial charge on any atom is -0.253 e. The van der Waals surface area contributed by atoms with Crippen LogP contribution in [0.4, 0.5) is 4.39 Å². The van der Waals surface area contributed by atoms with E-state index in [0.717, 1.165) is 16.7 Å². The number of benzene rings is 3. The van der Waals surface area contributed by atoms with Crippen LogP contribution in [-0.4, -0.2) is 9.78 Å². The van der Waals surface area contributed by atoms with Gasteiger partial charge in [0.2, 0.25) is 0 Å². The highest BCUT2D eigenvalue weighted by Crippen LogP contribution is 2.40. The van der Waals surface area contributed by atoms with E-state index in [1.54, 1.807) is 6.20 Å². The molecule has 3 heteroatoms. The van der Waals surface area contributed by atoms with Gasteiger partial charge < -0.3 is 0 Å². The van der Waals surface area contributed by atoms with Crippen molar-refractivity contribution in [2.24, 2.45) is 0 Å². The third kappa shape index (κ3) is 2.54. The van der Waals surface area contributed by atoms with E-state index in [-0.39, 0.29) is 5.82 Å². The zero-order valence-corrected chi connectivity index (χ0v) is 13.6. The van der Waals surface area contributed by atoms with E-state index in [4.69, 9.17) is 0 Å². The van der Waals surface area contributed by atoms with Crippen molar-refractivity contribution in [2.75, 3.05) is 0 Å². The standard InChI is InChI=1S/C22H17FN2/c23-21-14-12-20(13-15-21)22(25-17-7-16-24-25,18-8-3-1-4-9-18)19-10-5-2-6-11-19/h1-17H. The van der Waals surface area contributed by atoms with Crippen molar-refractivity contribution in [3.63, 3.8) is 0 Å². The molecule has 0 amide bonds. The Morgan fingerprint density at radius 3 is 1.64 bits per heavy atom. The molecule has 0 bridgehead atoms. The molecule has 0 atom stereocenters. The number of hydrogen-bond donors (Lipinski definition) is 0. The van der Waals surface area contributed by atoms with Crippen molar-refractivity contribution in [1.82, 2.24) is 9.78 Å². The van der Waals surface area contributed by atoms with Gasteiger partial charge in [0, 0.05) is 12.4 Å². The van der Waals surface area contributed by atoms with Crippen molar-refractivity contribution < 1.29 is 4.39 Å². The lowest BCUT2D eigenvalue weighted by atomic mass is 9.77. The van der Waals surface area contributed by atoms with E-state index in [2.05, 4.69) is 29.4 Å². The van der Waals surface area contributed by atoms with Crippen LogP contribution in [0.2, 0.25) is 0 Å². The molecule has 0 N–H and O–H groups in total. The number of halogens is 1. The summed E-state index contributed by atoms with van der Waals surface area (Å²) in [6.45, 7) is 0. The number of hydrogen-bond acceptors (Lipinski definition) is 1. The molecule has 2 nitrogen and oxygen atoms in total. The van der Waals surface area contributed by atoms with Crippen molar-refractivity contribution in [3.8, 4) is 0 Å². The quantitative estimate of drug-likeness (QED) is 0.489. The molecule has 4 rings (SSSR count). The summed E-state index contributed by atoms with van der Waals surface area (Å²) in [7, 11) is 0. The summed E-state index contributed by atoms with van der Waals surface area (Å²) in [5.41, 5.74) is 2.42. The highest BCUT2D eigenvalue weighted by Gasteiger charge is 2.38. The van der Waals surface area contributed by atoms with Crippen LogP contribution < -0.4 is 0 Å². The lowest BCUT2D eigenvalue weighted by Gasteiger charge is -2.36. The molecule has 3 aromatic carbocycles. The lowest BCUT2D eigenvalue weighted by molar-refractivity contribution is 0.459. The second kappa shape index (κ2) is 6.36. The molecule has 0 unspecified atom stereocenters. The second-order valence-electron chi connectivity index (χ2n) is 5.90. The van der Waals surface area contributed by atoms with Crippen LogP contribution in [0.3, 0.4) is 0 Å². The Bertz CT molecular complexity index is 891. The minimum absolute atomic E-state index is 0.251. The van der Waals surface area contributed by atoms with Gasteiger partial charge in [-0.25, -0.2) is 4.39 Å². The first kappa shape index (κ1) is 15.3. The Balaban J connectivity index is 2.11. The van der Waals surface area contributed by atoms with Gasteiger partial charge in [-0.2, -0.15) is 5.10 Å². The molecule has 0 saturated heterocycles. The SMILES string of the molecule is Fc1ccc(C(c2ccccc2)(c2ccccc2)n2cccn2)cc1. The van der Waals surface area contributed by atoms with Crippen LogP contribution in [0, 0.1) is 5.82 Å². The Morgan fingerprint density at radius 2 is 1.16 bits per heavy atom. The van der Waals surface area contributed by atoms with E-state index in [0.29, 0.717) is 0 Å². The largest absolute Gasteiger partial charge is 0.253 e. The molecule has 25 heavy (non-hydrogen) atoms. The summed E-state index contributed by atoms with van der Waals surface area (Å²) in [5.74, 6) is -0.251. The zero-order valence-electron chi connectivity index (χ0n) is 13.6. The number of rotatable bonds is 4. The van der Waals surface area contributed by atoms with Crippen LogP contribution in [0.1, 0.15) is 16.7 Å². The molecular weight excluding hydrogens is 311 g/mol. The number of nitrogens with zero attached hydrogens (tertiary/aromatic N) is 2. The maximum Gasteiger partial charge on any atom is 0.137 e. The molecule has 0 aliphatic carbocycles. The van der Waals surface area contributed by atoms with Crippen molar-refractivity contribution in [1.29, 1.82) is 0 Å². The van der Waals surface area contributed by atoms with E-state index in [1.807, 2.05) is 65.5 Å². The van der Waals surface area contributed by atoms with Crippen LogP contribution >= 0.6 is 0 Å². The maximum atomic E-state index is 13.6. The fourth-order valence-corrected chi connectivity index (χ4v) is 3.41. The highest BCUT2D eigenvalue weighted by molar-refractivity contribution is 5.50. The van der Waals surface area contributed by atoms with Crippen molar-refractivity contribution >= 4 is 0 Å². The average Bonchev–Trinajstić information content (AvgIpc) is 3.21. The van der Waals surface area contributed by atoms with E-state index in [9.17, 15) is 4.39 Å². The summed E-state index contributed by atoms with van der Waals surface area (Å²) in [6.07, 6.45) is 3.72. The third-order valence-corrected chi connectivity index (χ3v) is 4.49. The van der Waals surface area contributed by atoms with Crippen LogP contribution in [-0.2, 0) is 5.54 Å². The molecular formula is C22H17FN2. The normalized spacial score (nSPS) is 11.4. The molecule has 0 fully saturated rings. The zero-order chi connectivity index (χ0) is 17.1. The maximum absolute atomic E-state index is 13.6. The van der Waals surface area contributed by atoms with E-state index >= 15 is 0 Å². The van der Waals surface area contributed by atoms with Gasteiger partial charge in [0.05, 0.1) is 0 Å². The summed E-state index contributed by atoms with van der Waals surface area (Å²) >= 11 is 0. The minimum atomic E-state index is -0.667. The molecule has 0 saturated carbocycles. The van der Waals surface area contributed by atoms with Gasteiger partial charge in [-0.1, -0.05) is 72.8 Å². The molecule has 0 spiro atoms. The van der Waals surface area contributed by atoms with Gasteiger partial charge in [-0.15, -0.1) is 0 Å². The van der Waals surface area contributed by atoms with Gasteiger partial charge in [0.1, 0.15) is 11.4 Å². The van der Waals surface area contributed by atoms with Gasteiger partial charge in [-0.05, 0) is 34.9 Å². The Hall–Kier alpha value is -3.20. The predicted molar refractivity (Wildman–Crippen MR) is 96.8 cm³/mol. The van der Waals surface area contributed by atoms with Gasteiger partial charge in [-0.3, -0.25) is 4.68 Å². The average molecular weight is 328 g/mol. The Labute approximate surface area is 146 Å². The second-order valence-corrected chi connectivity index (χ2v) is 5.90. The van der Waals surface area contributed by atoms with Crippen LogP contribution in [0.15, 0.2) is 103 Å². The van der Waals surface area contributed by atoms with Crippen molar-refractivity contribution in [2.45, 2.75) is 5.54 Å². The Kier molecular flexibility index (Phi) is 3.90. The molecule has 122 valence electrons. The summed E-state index contributed by atoms with van der Waals surface area (Å²) < 4.78 is 15.5. The van der Waals surface area contributed by atoms with E-state index in [1.165, 1.54) is 12.1 Å². The molecule has 0 radical (unpaired) electrons. The fraction of sp³-hybridized carbons (Fsp3) is 0.0455. The molecule has 0 aliphatic rings. The molecule has 4 aromatic rings. The first-order valence-electron chi connectivity index (χ1n) is 8.19. The first-order chi connectivity index (χ1) is 12.3.